The molecule has 1 aromatic rings. The van der Waals surface area contributed by atoms with Crippen LogP contribution in [0.15, 0.2) is 16.8 Å². The summed E-state index contributed by atoms with van der Waals surface area (Å²) in [6.45, 7) is 2.45. The Bertz CT molecular complexity index is 420. The number of nitrogens with zero attached hydrogens (tertiary/aromatic N) is 1. The van der Waals surface area contributed by atoms with Crippen LogP contribution >= 0.6 is 11.3 Å². The van der Waals surface area contributed by atoms with Crippen molar-refractivity contribution in [3.8, 4) is 0 Å². The van der Waals surface area contributed by atoms with Gasteiger partial charge in [-0.05, 0) is 41.8 Å². The van der Waals surface area contributed by atoms with Crippen molar-refractivity contribution < 1.29 is 4.79 Å². The zero-order valence-electron chi connectivity index (χ0n) is 10.3. The van der Waals surface area contributed by atoms with E-state index in [9.17, 15) is 4.79 Å². The summed E-state index contributed by atoms with van der Waals surface area (Å²) in [5.74, 6) is 0.400. The SMILES string of the molecule is NCC(c1ccsc1)N1CCCC2C(=O)NCC21. The second-order valence-electron chi connectivity index (χ2n) is 5.11. The molecule has 5 heteroatoms. The smallest absolute Gasteiger partial charge is 0.224 e. The van der Waals surface area contributed by atoms with E-state index in [0.29, 0.717) is 12.6 Å². The minimum atomic E-state index is 0.173. The van der Waals surface area contributed by atoms with Gasteiger partial charge < -0.3 is 11.1 Å². The van der Waals surface area contributed by atoms with E-state index in [1.165, 1.54) is 5.56 Å². The summed E-state index contributed by atoms with van der Waals surface area (Å²) >= 11 is 1.71. The van der Waals surface area contributed by atoms with Gasteiger partial charge >= 0.3 is 0 Å². The lowest BCUT2D eigenvalue weighted by Crippen LogP contribution is -2.49. The highest BCUT2D eigenvalue weighted by atomic mass is 32.1. The first-order valence-electron chi connectivity index (χ1n) is 6.57. The molecule has 2 fully saturated rings. The maximum atomic E-state index is 11.8. The van der Waals surface area contributed by atoms with Gasteiger partial charge in [-0.2, -0.15) is 11.3 Å². The monoisotopic (exact) mass is 265 g/mol. The Hall–Kier alpha value is -0.910. The van der Waals surface area contributed by atoms with Gasteiger partial charge in [0.1, 0.15) is 0 Å². The van der Waals surface area contributed by atoms with Crippen LogP contribution in [0, 0.1) is 5.92 Å². The molecule has 0 saturated carbocycles. The third-order valence-corrected chi connectivity index (χ3v) is 4.90. The number of hydrogen-bond acceptors (Lipinski definition) is 4. The van der Waals surface area contributed by atoms with Gasteiger partial charge in [-0.25, -0.2) is 0 Å². The lowest BCUT2D eigenvalue weighted by molar-refractivity contribution is -0.124. The van der Waals surface area contributed by atoms with Crippen LogP contribution in [0.2, 0.25) is 0 Å². The predicted molar refractivity (Wildman–Crippen MR) is 72.3 cm³/mol. The van der Waals surface area contributed by atoms with Crippen LogP contribution in [-0.2, 0) is 4.79 Å². The Balaban J connectivity index is 1.84. The average molecular weight is 265 g/mol. The molecule has 0 aliphatic carbocycles. The standard InChI is InChI=1S/C13H19N3OS/c14-6-11(9-3-5-18-8-9)16-4-1-2-10-12(16)7-15-13(10)17/h3,5,8,10-12H,1-2,4,6-7,14H2,(H,15,17). The summed E-state index contributed by atoms with van der Waals surface area (Å²) in [6.07, 6.45) is 2.11. The molecule has 3 rings (SSSR count). The second-order valence-corrected chi connectivity index (χ2v) is 5.89. The molecule has 0 spiro atoms. The molecule has 2 aliphatic rings. The van der Waals surface area contributed by atoms with Crippen LogP contribution in [0.1, 0.15) is 24.4 Å². The number of likely N-dealkylation sites (tertiary alicyclic amines) is 1. The molecule has 2 saturated heterocycles. The van der Waals surface area contributed by atoms with Crippen molar-refractivity contribution in [3.63, 3.8) is 0 Å². The molecular weight excluding hydrogens is 246 g/mol. The molecule has 1 aromatic heterocycles. The fraction of sp³-hybridized carbons (Fsp3) is 0.615. The number of hydrogen-bond donors (Lipinski definition) is 2. The normalized spacial score (nSPS) is 29.9. The van der Waals surface area contributed by atoms with Gasteiger partial charge in [0.25, 0.3) is 0 Å². The second kappa shape index (κ2) is 4.99. The Kier molecular flexibility index (Phi) is 3.37. The Morgan fingerprint density at radius 2 is 2.50 bits per heavy atom. The number of rotatable bonds is 3. The summed E-state index contributed by atoms with van der Waals surface area (Å²) in [7, 11) is 0. The molecule has 3 unspecified atom stereocenters. The zero-order chi connectivity index (χ0) is 12.5. The van der Waals surface area contributed by atoms with Gasteiger partial charge in [0.15, 0.2) is 0 Å². The number of carbonyl (C=O) groups is 1. The Morgan fingerprint density at radius 3 is 3.22 bits per heavy atom. The molecular formula is C13H19N3OS. The summed E-state index contributed by atoms with van der Waals surface area (Å²) in [5, 5.41) is 7.26. The minimum absolute atomic E-state index is 0.173. The van der Waals surface area contributed by atoms with Crippen molar-refractivity contribution in [2.75, 3.05) is 19.6 Å². The summed E-state index contributed by atoms with van der Waals surface area (Å²) < 4.78 is 0. The van der Waals surface area contributed by atoms with Gasteiger partial charge in [-0.1, -0.05) is 0 Å². The molecule has 0 radical (unpaired) electrons. The highest BCUT2D eigenvalue weighted by molar-refractivity contribution is 7.07. The zero-order valence-corrected chi connectivity index (χ0v) is 11.2. The Morgan fingerprint density at radius 1 is 1.61 bits per heavy atom. The number of nitrogens with two attached hydrogens (primary N) is 1. The van der Waals surface area contributed by atoms with Crippen LogP contribution in [0.3, 0.4) is 0 Å². The molecule has 3 N–H and O–H groups in total. The molecule has 0 bridgehead atoms. The summed E-state index contributed by atoms with van der Waals surface area (Å²) in [4.78, 5) is 14.2. The van der Waals surface area contributed by atoms with Crippen molar-refractivity contribution in [2.45, 2.75) is 24.9 Å². The lowest BCUT2D eigenvalue weighted by Gasteiger charge is -2.40. The quantitative estimate of drug-likeness (QED) is 0.856. The first-order chi connectivity index (χ1) is 8.81. The van der Waals surface area contributed by atoms with E-state index < -0.39 is 0 Å². The molecule has 1 amide bonds. The molecule has 4 nitrogen and oxygen atoms in total. The predicted octanol–water partition coefficient (Wildman–Crippen LogP) is 0.958. The highest BCUT2D eigenvalue weighted by Crippen LogP contribution is 2.34. The number of thiophene rings is 1. The third kappa shape index (κ3) is 1.96. The van der Waals surface area contributed by atoms with Crippen LogP contribution in [0.25, 0.3) is 0 Å². The number of fused-ring (bicyclic) bond motifs is 1. The van der Waals surface area contributed by atoms with E-state index in [-0.39, 0.29) is 17.9 Å². The number of carbonyl (C=O) groups excluding carboxylic acids is 1. The van der Waals surface area contributed by atoms with Crippen LogP contribution in [-0.4, -0.2) is 36.5 Å². The van der Waals surface area contributed by atoms with Crippen molar-refractivity contribution in [1.29, 1.82) is 0 Å². The molecule has 3 heterocycles. The lowest BCUT2D eigenvalue weighted by atomic mass is 9.89. The van der Waals surface area contributed by atoms with Gasteiger partial charge in [-0.3, -0.25) is 9.69 Å². The maximum absolute atomic E-state index is 11.8. The maximum Gasteiger partial charge on any atom is 0.224 e. The molecule has 3 atom stereocenters. The van der Waals surface area contributed by atoms with Gasteiger partial charge in [-0.15, -0.1) is 0 Å². The Labute approximate surface area is 111 Å². The van der Waals surface area contributed by atoms with Gasteiger partial charge in [0, 0.05) is 25.2 Å². The van der Waals surface area contributed by atoms with E-state index in [4.69, 9.17) is 5.73 Å². The summed E-state index contributed by atoms with van der Waals surface area (Å²) in [6, 6.07) is 2.74. The summed E-state index contributed by atoms with van der Waals surface area (Å²) in [5.41, 5.74) is 7.26. The largest absolute Gasteiger partial charge is 0.354 e. The van der Waals surface area contributed by atoms with Crippen molar-refractivity contribution >= 4 is 17.2 Å². The van der Waals surface area contributed by atoms with E-state index in [0.717, 1.165) is 25.9 Å². The molecule has 2 aliphatic heterocycles. The first-order valence-corrected chi connectivity index (χ1v) is 7.51. The van der Waals surface area contributed by atoms with Crippen LogP contribution < -0.4 is 11.1 Å². The average Bonchev–Trinajstić information content (AvgIpc) is 3.02. The van der Waals surface area contributed by atoms with Gasteiger partial charge in [0.2, 0.25) is 5.91 Å². The van der Waals surface area contributed by atoms with E-state index in [1.807, 2.05) is 0 Å². The highest BCUT2D eigenvalue weighted by Gasteiger charge is 2.42. The molecule has 98 valence electrons. The van der Waals surface area contributed by atoms with Crippen molar-refractivity contribution in [2.24, 2.45) is 11.7 Å². The van der Waals surface area contributed by atoms with Crippen molar-refractivity contribution in [3.05, 3.63) is 22.4 Å². The van der Waals surface area contributed by atoms with E-state index >= 15 is 0 Å². The first kappa shape index (κ1) is 12.1. The van der Waals surface area contributed by atoms with E-state index in [2.05, 4.69) is 27.0 Å². The van der Waals surface area contributed by atoms with Crippen LogP contribution in [0.4, 0.5) is 0 Å². The minimum Gasteiger partial charge on any atom is -0.354 e. The van der Waals surface area contributed by atoms with Gasteiger partial charge in [0.05, 0.1) is 5.92 Å². The topological polar surface area (TPSA) is 58.4 Å². The molecule has 18 heavy (non-hydrogen) atoms. The third-order valence-electron chi connectivity index (χ3n) is 4.20. The fourth-order valence-corrected chi connectivity index (χ4v) is 4.01. The number of piperidine rings is 1. The number of amides is 1. The van der Waals surface area contributed by atoms with Crippen molar-refractivity contribution in [1.82, 2.24) is 10.2 Å². The molecule has 0 aromatic carbocycles. The number of nitrogens with one attached hydrogen (secondary N) is 1. The van der Waals surface area contributed by atoms with Crippen LogP contribution in [0.5, 0.6) is 0 Å². The van der Waals surface area contributed by atoms with E-state index in [1.54, 1.807) is 11.3 Å². The fourth-order valence-electron chi connectivity index (χ4n) is 3.30.